The van der Waals surface area contributed by atoms with Crippen LogP contribution in [0.2, 0.25) is 0 Å². The molecule has 2 aromatic rings. The zero-order valence-electron chi connectivity index (χ0n) is 9.05. The van der Waals surface area contributed by atoms with E-state index in [1.54, 1.807) is 0 Å². The molecule has 3 nitrogen and oxygen atoms in total. The summed E-state index contributed by atoms with van der Waals surface area (Å²) in [6.07, 6.45) is 1.99. The Hall–Kier alpha value is -1.74. The molecule has 0 saturated carbocycles. The van der Waals surface area contributed by atoms with Gasteiger partial charge in [-0.1, -0.05) is 12.1 Å². The predicted molar refractivity (Wildman–Crippen MR) is 60.8 cm³/mol. The molecule has 3 rings (SSSR count). The minimum absolute atomic E-state index is 0.0364. The average Bonchev–Trinajstić information content (AvgIpc) is 2.79. The minimum atomic E-state index is -0.655. The molecular weight excluding hydrogens is 202 g/mol. The summed E-state index contributed by atoms with van der Waals surface area (Å²) < 4.78 is 7.95. The third kappa shape index (κ3) is 1.12. The molecule has 0 spiro atoms. The molecule has 0 fully saturated rings. The Labute approximate surface area is 93.9 Å². The summed E-state index contributed by atoms with van der Waals surface area (Å²) in [4.78, 5) is 0. The van der Waals surface area contributed by atoms with Gasteiger partial charge in [0.1, 0.15) is 5.75 Å². The molecule has 1 N–H and O–H groups in total. The maximum atomic E-state index is 9.50. The lowest BCUT2D eigenvalue weighted by atomic mass is 10.0. The maximum absolute atomic E-state index is 9.50. The van der Waals surface area contributed by atoms with Crippen LogP contribution in [0.4, 0.5) is 0 Å². The molecule has 1 aromatic carbocycles. The largest absolute Gasteiger partial charge is 0.477 e. The van der Waals surface area contributed by atoms with Crippen LogP contribution < -0.4 is 4.74 Å². The first-order valence-electron chi connectivity index (χ1n) is 5.32. The Morgan fingerprint density at radius 1 is 1.25 bits per heavy atom. The van der Waals surface area contributed by atoms with E-state index in [0.717, 1.165) is 17.1 Å². The zero-order valence-corrected chi connectivity index (χ0v) is 9.05. The van der Waals surface area contributed by atoms with Crippen molar-refractivity contribution >= 4 is 0 Å². The van der Waals surface area contributed by atoms with Crippen LogP contribution in [0.15, 0.2) is 42.6 Å². The highest BCUT2D eigenvalue weighted by molar-refractivity contribution is 5.51. The van der Waals surface area contributed by atoms with Gasteiger partial charge in [-0.2, -0.15) is 0 Å². The van der Waals surface area contributed by atoms with E-state index in [1.165, 1.54) is 0 Å². The van der Waals surface area contributed by atoms with Crippen molar-refractivity contribution in [1.82, 2.24) is 4.57 Å². The molecule has 1 aliphatic heterocycles. The lowest BCUT2D eigenvalue weighted by Crippen LogP contribution is -2.38. The fourth-order valence-corrected chi connectivity index (χ4v) is 2.17. The summed E-state index contributed by atoms with van der Waals surface area (Å²) in [5.74, 6) is 0.808. The number of aliphatic hydroxyl groups is 1. The third-order valence-corrected chi connectivity index (χ3v) is 3.05. The summed E-state index contributed by atoms with van der Waals surface area (Å²) in [7, 11) is 0. The van der Waals surface area contributed by atoms with Gasteiger partial charge in [-0.25, -0.2) is 0 Å². The second-order valence-corrected chi connectivity index (χ2v) is 4.22. The van der Waals surface area contributed by atoms with Gasteiger partial charge in [0.2, 0.25) is 0 Å². The number of nitrogens with zero attached hydrogens (tertiary/aromatic N) is 1. The van der Waals surface area contributed by atoms with Crippen LogP contribution in [0, 0.1) is 0 Å². The monoisotopic (exact) mass is 215 g/mol. The number of hydrogen-bond donors (Lipinski definition) is 1. The first kappa shape index (κ1) is 9.48. The molecule has 0 radical (unpaired) electrons. The van der Waals surface area contributed by atoms with Crippen molar-refractivity contribution in [1.29, 1.82) is 0 Å². The second kappa shape index (κ2) is 3.12. The lowest BCUT2D eigenvalue weighted by molar-refractivity contribution is 0.0106. The molecule has 2 heterocycles. The molecule has 0 aliphatic carbocycles. The van der Waals surface area contributed by atoms with Crippen molar-refractivity contribution in [3.63, 3.8) is 0 Å². The van der Waals surface area contributed by atoms with E-state index < -0.39 is 5.60 Å². The standard InChI is InChI=1S/C13H13NO2/c1-13(9-15)12-7-4-8-14(12)10-5-2-3-6-11(10)16-13/h2-8,15H,9H2,1H3. The Kier molecular flexibility index (Phi) is 1.85. The van der Waals surface area contributed by atoms with Crippen LogP contribution in [0.1, 0.15) is 12.6 Å². The summed E-state index contributed by atoms with van der Waals surface area (Å²) in [5.41, 5.74) is 1.35. The number of ether oxygens (including phenoxy) is 1. The van der Waals surface area contributed by atoms with E-state index in [2.05, 4.69) is 4.57 Å². The topological polar surface area (TPSA) is 34.4 Å². The number of hydrogen-bond acceptors (Lipinski definition) is 2. The van der Waals surface area contributed by atoms with E-state index in [4.69, 9.17) is 4.74 Å². The first-order chi connectivity index (χ1) is 7.74. The van der Waals surface area contributed by atoms with Crippen LogP contribution in [0.5, 0.6) is 5.75 Å². The van der Waals surface area contributed by atoms with E-state index in [9.17, 15) is 5.11 Å². The van der Waals surface area contributed by atoms with Gasteiger partial charge in [0.05, 0.1) is 18.0 Å². The maximum Gasteiger partial charge on any atom is 0.169 e. The molecule has 3 heteroatoms. The van der Waals surface area contributed by atoms with Crippen molar-refractivity contribution in [2.75, 3.05) is 6.61 Å². The van der Waals surface area contributed by atoms with Crippen LogP contribution in [0.25, 0.3) is 5.69 Å². The Bertz CT molecular complexity index is 532. The van der Waals surface area contributed by atoms with E-state index in [-0.39, 0.29) is 6.61 Å². The molecule has 1 atom stereocenters. The number of benzene rings is 1. The molecule has 16 heavy (non-hydrogen) atoms. The molecule has 82 valence electrons. The van der Waals surface area contributed by atoms with E-state index >= 15 is 0 Å². The van der Waals surface area contributed by atoms with Crippen molar-refractivity contribution in [2.24, 2.45) is 0 Å². The van der Waals surface area contributed by atoms with Gasteiger partial charge in [-0.05, 0) is 31.2 Å². The van der Waals surface area contributed by atoms with Crippen molar-refractivity contribution in [3.05, 3.63) is 48.3 Å². The Morgan fingerprint density at radius 2 is 2.06 bits per heavy atom. The lowest BCUT2D eigenvalue weighted by Gasteiger charge is -2.35. The predicted octanol–water partition coefficient (Wildman–Crippen LogP) is 2.08. The second-order valence-electron chi connectivity index (χ2n) is 4.22. The summed E-state index contributed by atoms with van der Waals surface area (Å²) in [5, 5.41) is 9.50. The van der Waals surface area contributed by atoms with Gasteiger partial charge in [0.25, 0.3) is 0 Å². The average molecular weight is 215 g/mol. The highest BCUT2D eigenvalue weighted by Crippen LogP contribution is 2.38. The van der Waals surface area contributed by atoms with Crippen molar-refractivity contribution in [3.8, 4) is 11.4 Å². The van der Waals surface area contributed by atoms with E-state index in [1.807, 2.05) is 49.5 Å². The number of fused-ring (bicyclic) bond motifs is 3. The Morgan fingerprint density at radius 3 is 2.88 bits per heavy atom. The molecule has 1 unspecified atom stereocenters. The molecular formula is C13H13NO2. The normalized spacial score (nSPS) is 22.1. The van der Waals surface area contributed by atoms with Crippen molar-refractivity contribution < 1.29 is 9.84 Å². The van der Waals surface area contributed by atoms with Crippen LogP contribution in [-0.4, -0.2) is 16.3 Å². The molecule has 0 amide bonds. The fourth-order valence-electron chi connectivity index (χ4n) is 2.17. The first-order valence-corrected chi connectivity index (χ1v) is 5.32. The van der Waals surface area contributed by atoms with Crippen LogP contribution >= 0.6 is 0 Å². The fraction of sp³-hybridized carbons (Fsp3) is 0.231. The summed E-state index contributed by atoms with van der Waals surface area (Å²) >= 11 is 0. The highest BCUT2D eigenvalue weighted by Gasteiger charge is 2.36. The molecule has 0 bridgehead atoms. The van der Waals surface area contributed by atoms with E-state index in [0.29, 0.717) is 0 Å². The molecule has 0 saturated heterocycles. The van der Waals surface area contributed by atoms with Gasteiger partial charge in [-0.3, -0.25) is 0 Å². The van der Waals surface area contributed by atoms with Gasteiger partial charge in [-0.15, -0.1) is 0 Å². The van der Waals surface area contributed by atoms with Gasteiger partial charge in [0, 0.05) is 6.20 Å². The minimum Gasteiger partial charge on any atom is -0.477 e. The number of aliphatic hydroxyl groups excluding tert-OH is 1. The van der Waals surface area contributed by atoms with Crippen LogP contribution in [-0.2, 0) is 5.60 Å². The molecule has 1 aliphatic rings. The summed E-state index contributed by atoms with van der Waals surface area (Å²) in [6.45, 7) is 1.86. The number of rotatable bonds is 1. The number of para-hydroxylation sites is 2. The van der Waals surface area contributed by atoms with Gasteiger partial charge >= 0.3 is 0 Å². The quantitative estimate of drug-likeness (QED) is 0.790. The Balaban J connectivity index is 2.27. The van der Waals surface area contributed by atoms with Crippen LogP contribution in [0.3, 0.4) is 0 Å². The zero-order chi connectivity index (χ0) is 11.2. The highest BCUT2D eigenvalue weighted by atomic mass is 16.5. The van der Waals surface area contributed by atoms with Gasteiger partial charge in [0.15, 0.2) is 5.60 Å². The van der Waals surface area contributed by atoms with Gasteiger partial charge < -0.3 is 14.4 Å². The number of aromatic nitrogens is 1. The van der Waals surface area contributed by atoms with Crippen molar-refractivity contribution in [2.45, 2.75) is 12.5 Å². The smallest absolute Gasteiger partial charge is 0.169 e. The molecule has 1 aromatic heterocycles. The SMILES string of the molecule is CC1(CO)Oc2ccccc2-n2cccc21. The summed E-state index contributed by atoms with van der Waals surface area (Å²) in [6, 6.07) is 11.8. The third-order valence-electron chi connectivity index (χ3n) is 3.05.